The van der Waals surface area contributed by atoms with E-state index in [1.54, 1.807) is 0 Å². The van der Waals surface area contributed by atoms with Crippen molar-refractivity contribution in [1.82, 2.24) is 4.98 Å². The van der Waals surface area contributed by atoms with Crippen LogP contribution in [0, 0.1) is 5.41 Å². The molecular weight excluding hydrogens is 262 g/mol. The van der Waals surface area contributed by atoms with Gasteiger partial charge in [0.15, 0.2) is 0 Å². The summed E-state index contributed by atoms with van der Waals surface area (Å²) in [5.41, 5.74) is 1.30. The van der Waals surface area contributed by atoms with Gasteiger partial charge in [0.25, 0.3) is 0 Å². The lowest BCUT2D eigenvalue weighted by atomic mass is 9.64. The number of hydrogen-bond donors (Lipinski definition) is 1. The Kier molecular flexibility index (Phi) is 4.07. The summed E-state index contributed by atoms with van der Waals surface area (Å²) in [5, 5.41) is 3.61. The minimum Gasteiger partial charge on any atom is -0.380 e. The summed E-state index contributed by atoms with van der Waals surface area (Å²) in [7, 11) is 0. The van der Waals surface area contributed by atoms with E-state index in [-0.39, 0.29) is 5.41 Å². The fraction of sp³-hybridized carbons (Fsp3) is 0.706. The van der Waals surface area contributed by atoms with E-state index in [9.17, 15) is 0 Å². The summed E-state index contributed by atoms with van der Waals surface area (Å²) in [5.74, 6) is 1.11. The molecule has 2 atom stereocenters. The van der Waals surface area contributed by atoms with Crippen molar-refractivity contribution in [3.63, 3.8) is 0 Å². The smallest absolute Gasteiger partial charge is 0.128 e. The second kappa shape index (κ2) is 5.84. The average Bonchev–Trinajstić information content (AvgIpc) is 3.01. The first-order chi connectivity index (χ1) is 10.1. The number of ether oxygens (including phenoxy) is 1. The number of nitrogens with zero attached hydrogens (tertiary/aromatic N) is 2. The zero-order valence-electron chi connectivity index (χ0n) is 13.4. The molecule has 21 heavy (non-hydrogen) atoms. The molecule has 1 aromatic heterocycles. The van der Waals surface area contributed by atoms with Crippen molar-refractivity contribution in [3.05, 3.63) is 18.3 Å². The van der Waals surface area contributed by atoms with Crippen LogP contribution in [0.15, 0.2) is 18.3 Å². The molecule has 116 valence electrons. The normalized spacial score (nSPS) is 27.5. The molecule has 0 amide bonds. The Morgan fingerprint density at radius 3 is 2.67 bits per heavy atom. The van der Waals surface area contributed by atoms with E-state index < -0.39 is 0 Å². The first-order valence-electron chi connectivity index (χ1n) is 8.20. The SMILES string of the molecule is CCOC1CC(Nc2ccc(N3CCCC3)nc2)C1(C)C. The fourth-order valence-electron chi connectivity index (χ4n) is 3.42. The summed E-state index contributed by atoms with van der Waals surface area (Å²) in [6.45, 7) is 9.71. The highest BCUT2D eigenvalue weighted by Gasteiger charge is 2.48. The van der Waals surface area contributed by atoms with E-state index in [1.807, 2.05) is 6.20 Å². The Balaban J connectivity index is 1.58. The Bertz CT molecular complexity index is 465. The fourth-order valence-corrected chi connectivity index (χ4v) is 3.42. The van der Waals surface area contributed by atoms with Gasteiger partial charge in [0.2, 0.25) is 0 Å². The number of aromatic nitrogens is 1. The standard InChI is InChI=1S/C17H27N3O/c1-4-21-15-11-14(17(15,2)3)19-13-7-8-16(18-12-13)20-9-5-6-10-20/h7-8,12,14-15,19H,4-6,9-11H2,1-3H3. The lowest BCUT2D eigenvalue weighted by Crippen LogP contribution is -2.58. The highest BCUT2D eigenvalue weighted by Crippen LogP contribution is 2.44. The van der Waals surface area contributed by atoms with Gasteiger partial charge in [0, 0.05) is 31.2 Å². The molecule has 0 aromatic carbocycles. The number of anilines is 2. The van der Waals surface area contributed by atoms with Gasteiger partial charge in [-0.15, -0.1) is 0 Å². The molecule has 2 heterocycles. The summed E-state index contributed by atoms with van der Waals surface area (Å²) in [4.78, 5) is 6.97. The molecule has 0 radical (unpaired) electrons. The van der Waals surface area contributed by atoms with Crippen LogP contribution in [0.2, 0.25) is 0 Å². The van der Waals surface area contributed by atoms with E-state index in [2.05, 4.69) is 48.1 Å². The van der Waals surface area contributed by atoms with Crippen molar-refractivity contribution in [2.75, 3.05) is 29.9 Å². The molecule has 2 aliphatic rings. The minimum atomic E-state index is 0.184. The van der Waals surface area contributed by atoms with Crippen LogP contribution in [-0.4, -0.2) is 36.8 Å². The topological polar surface area (TPSA) is 37.4 Å². The molecule has 1 N–H and O–H groups in total. The van der Waals surface area contributed by atoms with Crippen molar-refractivity contribution in [2.45, 2.75) is 52.2 Å². The number of hydrogen-bond acceptors (Lipinski definition) is 4. The van der Waals surface area contributed by atoms with Crippen LogP contribution >= 0.6 is 0 Å². The van der Waals surface area contributed by atoms with E-state index in [0.29, 0.717) is 12.1 Å². The third-order valence-corrected chi connectivity index (χ3v) is 5.06. The van der Waals surface area contributed by atoms with Crippen LogP contribution in [-0.2, 0) is 4.74 Å². The Morgan fingerprint density at radius 2 is 2.10 bits per heavy atom. The number of pyridine rings is 1. The Morgan fingerprint density at radius 1 is 1.33 bits per heavy atom. The summed E-state index contributed by atoms with van der Waals surface area (Å²) < 4.78 is 5.79. The van der Waals surface area contributed by atoms with Gasteiger partial charge in [-0.2, -0.15) is 0 Å². The molecule has 4 nitrogen and oxygen atoms in total. The predicted molar refractivity (Wildman–Crippen MR) is 86.9 cm³/mol. The van der Waals surface area contributed by atoms with Gasteiger partial charge in [-0.3, -0.25) is 0 Å². The molecule has 2 unspecified atom stereocenters. The van der Waals surface area contributed by atoms with Gasteiger partial charge in [0.1, 0.15) is 5.82 Å². The Hall–Kier alpha value is -1.29. The molecule has 0 spiro atoms. The molecule has 1 aliphatic carbocycles. The summed E-state index contributed by atoms with van der Waals surface area (Å²) in [6, 6.07) is 4.76. The van der Waals surface area contributed by atoms with Crippen LogP contribution < -0.4 is 10.2 Å². The van der Waals surface area contributed by atoms with Crippen LogP contribution in [0.25, 0.3) is 0 Å². The number of rotatable bonds is 5. The summed E-state index contributed by atoms with van der Waals surface area (Å²) in [6.07, 6.45) is 6.00. The molecule has 3 rings (SSSR count). The van der Waals surface area contributed by atoms with E-state index in [4.69, 9.17) is 4.74 Å². The maximum absolute atomic E-state index is 5.79. The molecule has 4 heteroatoms. The first kappa shape index (κ1) is 14.6. The van der Waals surface area contributed by atoms with E-state index in [1.165, 1.54) is 12.8 Å². The molecule has 1 aliphatic heterocycles. The van der Waals surface area contributed by atoms with Crippen LogP contribution in [0.3, 0.4) is 0 Å². The number of nitrogens with one attached hydrogen (secondary N) is 1. The molecule has 1 aromatic rings. The lowest BCUT2D eigenvalue weighted by Gasteiger charge is -2.52. The average molecular weight is 289 g/mol. The van der Waals surface area contributed by atoms with Crippen molar-refractivity contribution in [3.8, 4) is 0 Å². The minimum absolute atomic E-state index is 0.184. The van der Waals surface area contributed by atoms with E-state index in [0.717, 1.165) is 37.6 Å². The third kappa shape index (κ3) is 2.86. The zero-order valence-corrected chi connectivity index (χ0v) is 13.4. The highest BCUT2D eigenvalue weighted by molar-refractivity contribution is 5.50. The van der Waals surface area contributed by atoms with Gasteiger partial charge in [-0.1, -0.05) is 13.8 Å². The molecule has 1 saturated heterocycles. The molecule has 1 saturated carbocycles. The molecule has 2 fully saturated rings. The maximum atomic E-state index is 5.79. The summed E-state index contributed by atoms with van der Waals surface area (Å²) >= 11 is 0. The molecule has 0 bridgehead atoms. The highest BCUT2D eigenvalue weighted by atomic mass is 16.5. The van der Waals surface area contributed by atoms with Gasteiger partial charge in [0.05, 0.1) is 18.0 Å². The van der Waals surface area contributed by atoms with Gasteiger partial charge >= 0.3 is 0 Å². The zero-order chi connectivity index (χ0) is 14.9. The first-order valence-corrected chi connectivity index (χ1v) is 8.20. The van der Waals surface area contributed by atoms with Gasteiger partial charge < -0.3 is 15.0 Å². The van der Waals surface area contributed by atoms with Gasteiger partial charge in [-0.25, -0.2) is 4.98 Å². The van der Waals surface area contributed by atoms with Gasteiger partial charge in [-0.05, 0) is 38.3 Å². The lowest BCUT2D eigenvalue weighted by molar-refractivity contribution is -0.0976. The quantitative estimate of drug-likeness (QED) is 0.902. The van der Waals surface area contributed by atoms with Crippen LogP contribution in [0.4, 0.5) is 11.5 Å². The van der Waals surface area contributed by atoms with Crippen LogP contribution in [0.1, 0.15) is 40.0 Å². The third-order valence-electron chi connectivity index (χ3n) is 5.06. The van der Waals surface area contributed by atoms with Crippen molar-refractivity contribution in [2.24, 2.45) is 5.41 Å². The van der Waals surface area contributed by atoms with E-state index >= 15 is 0 Å². The second-order valence-electron chi connectivity index (χ2n) is 6.80. The van der Waals surface area contributed by atoms with Crippen molar-refractivity contribution >= 4 is 11.5 Å². The van der Waals surface area contributed by atoms with Crippen LogP contribution in [0.5, 0.6) is 0 Å². The van der Waals surface area contributed by atoms with Crippen molar-refractivity contribution in [1.29, 1.82) is 0 Å². The predicted octanol–water partition coefficient (Wildman–Crippen LogP) is 3.30. The molecular formula is C17H27N3O. The maximum Gasteiger partial charge on any atom is 0.128 e. The van der Waals surface area contributed by atoms with Crippen molar-refractivity contribution < 1.29 is 4.74 Å². The second-order valence-corrected chi connectivity index (χ2v) is 6.80. The largest absolute Gasteiger partial charge is 0.380 e. The Labute approximate surface area is 127 Å². The monoisotopic (exact) mass is 289 g/mol.